The molecule has 0 saturated carbocycles. The van der Waals surface area contributed by atoms with E-state index in [9.17, 15) is 9.59 Å². The van der Waals surface area contributed by atoms with E-state index in [0.29, 0.717) is 39.3 Å². The second kappa shape index (κ2) is 24.6. The highest BCUT2D eigenvalue weighted by atomic mass is 16.4. The van der Waals surface area contributed by atoms with Gasteiger partial charge in [0.05, 0.1) is 39.6 Å². The Morgan fingerprint density at radius 3 is 0.741 bits per heavy atom. The van der Waals surface area contributed by atoms with Crippen molar-refractivity contribution in [2.75, 3.05) is 78.9 Å². The van der Waals surface area contributed by atoms with Crippen LogP contribution in [0.3, 0.4) is 0 Å². The molecular formula is C15H34N2O10. The van der Waals surface area contributed by atoms with E-state index in [0.717, 1.165) is 0 Å². The number of nitrogens with zero attached hydrogens (tertiary/aromatic N) is 2. The number of aliphatic hydroxyl groups excluding tert-OH is 6. The summed E-state index contributed by atoms with van der Waals surface area (Å²) < 4.78 is 0. The van der Waals surface area contributed by atoms with Gasteiger partial charge in [-0.25, -0.2) is 0 Å². The molecule has 0 bridgehead atoms. The molecule has 0 aliphatic carbocycles. The van der Waals surface area contributed by atoms with Gasteiger partial charge in [0.2, 0.25) is 0 Å². The molecule has 0 unspecified atom stereocenters. The Bertz CT molecular complexity index is 275. The summed E-state index contributed by atoms with van der Waals surface area (Å²) in [6.07, 6.45) is -0.806. The van der Waals surface area contributed by atoms with Crippen molar-refractivity contribution >= 4 is 11.9 Å². The van der Waals surface area contributed by atoms with Gasteiger partial charge < -0.3 is 40.9 Å². The number of carbonyl (C=O) groups is 2. The van der Waals surface area contributed by atoms with E-state index in [4.69, 9.17) is 40.9 Å². The zero-order valence-corrected chi connectivity index (χ0v) is 15.5. The third kappa shape index (κ3) is 29.6. The zero-order chi connectivity index (χ0) is 21.5. The Morgan fingerprint density at radius 1 is 0.481 bits per heavy atom. The van der Waals surface area contributed by atoms with Crippen molar-refractivity contribution in [1.29, 1.82) is 0 Å². The minimum absolute atomic E-state index is 0.0694. The van der Waals surface area contributed by atoms with Gasteiger partial charge in [0.1, 0.15) is 6.42 Å². The van der Waals surface area contributed by atoms with E-state index >= 15 is 0 Å². The minimum Gasteiger partial charge on any atom is -0.481 e. The Hall–Kier alpha value is -1.38. The second-order valence-electron chi connectivity index (χ2n) is 4.99. The lowest BCUT2D eigenvalue weighted by Crippen LogP contribution is -2.32. The Kier molecular flexibility index (Phi) is 27.7. The summed E-state index contributed by atoms with van der Waals surface area (Å²) in [6.45, 7) is 3.51. The van der Waals surface area contributed by atoms with Crippen molar-refractivity contribution in [3.63, 3.8) is 0 Å². The molecule has 8 N–H and O–H groups in total. The van der Waals surface area contributed by atoms with Crippen LogP contribution in [0.5, 0.6) is 0 Å². The van der Waals surface area contributed by atoms with Crippen LogP contribution in [0.1, 0.15) is 6.42 Å². The molecule has 0 rings (SSSR count). The summed E-state index contributed by atoms with van der Waals surface area (Å²) in [6, 6.07) is 0. The van der Waals surface area contributed by atoms with Gasteiger partial charge in [0.15, 0.2) is 0 Å². The molecule has 0 aliphatic rings. The quantitative estimate of drug-likeness (QED) is 0.131. The fraction of sp³-hybridized carbons (Fsp3) is 0.867. The molecule has 164 valence electrons. The monoisotopic (exact) mass is 402 g/mol. The van der Waals surface area contributed by atoms with E-state index in [2.05, 4.69) is 0 Å². The summed E-state index contributed by atoms with van der Waals surface area (Å²) in [7, 11) is 0. The van der Waals surface area contributed by atoms with Crippen LogP contribution >= 0.6 is 0 Å². The molecule has 0 aromatic carbocycles. The van der Waals surface area contributed by atoms with Gasteiger partial charge in [0, 0.05) is 39.3 Å². The van der Waals surface area contributed by atoms with Crippen LogP contribution < -0.4 is 0 Å². The maximum absolute atomic E-state index is 9.43. The lowest BCUT2D eigenvalue weighted by Gasteiger charge is -2.17. The van der Waals surface area contributed by atoms with E-state index in [-0.39, 0.29) is 39.6 Å². The van der Waals surface area contributed by atoms with Crippen LogP contribution in [0.25, 0.3) is 0 Å². The number of carboxylic acid groups (broad SMARTS) is 2. The van der Waals surface area contributed by atoms with Crippen molar-refractivity contribution in [2.45, 2.75) is 6.42 Å². The first-order valence-electron chi connectivity index (χ1n) is 8.36. The normalized spacial score (nSPS) is 10.1. The average Bonchev–Trinajstić information content (AvgIpc) is 2.56. The first kappa shape index (κ1) is 30.4. The summed E-state index contributed by atoms with van der Waals surface area (Å²) in [5.74, 6) is -2.62. The predicted molar refractivity (Wildman–Crippen MR) is 95.3 cm³/mol. The molecule has 0 aliphatic heterocycles. The van der Waals surface area contributed by atoms with Crippen molar-refractivity contribution < 1.29 is 50.4 Å². The van der Waals surface area contributed by atoms with Gasteiger partial charge in [-0.2, -0.15) is 0 Å². The van der Waals surface area contributed by atoms with Gasteiger partial charge in [-0.15, -0.1) is 0 Å². The summed E-state index contributed by atoms with van der Waals surface area (Å²) in [4.78, 5) is 22.4. The van der Waals surface area contributed by atoms with E-state index in [1.54, 1.807) is 9.80 Å². The highest BCUT2D eigenvalue weighted by molar-refractivity contribution is 5.88. The third-order valence-corrected chi connectivity index (χ3v) is 2.80. The topological polar surface area (TPSA) is 202 Å². The standard InChI is InChI=1S/2C6H15NO3.C3H4O4/c2*8-4-1-7(2-5-9)3-6-10;4-2(5)1-3(6)7/h2*8-10H,1-6H2;1H2,(H,4,5)(H,6,7). The number of aliphatic hydroxyl groups is 6. The number of carboxylic acids is 2. The molecule has 27 heavy (non-hydrogen) atoms. The SMILES string of the molecule is O=C(O)CC(=O)O.OCCN(CCO)CCO.OCCN(CCO)CCO. The van der Waals surface area contributed by atoms with Gasteiger partial charge in [-0.1, -0.05) is 0 Å². The van der Waals surface area contributed by atoms with Gasteiger partial charge in [-0.05, 0) is 0 Å². The fourth-order valence-corrected chi connectivity index (χ4v) is 1.65. The van der Waals surface area contributed by atoms with Crippen LogP contribution in [0.4, 0.5) is 0 Å². The number of aliphatic carboxylic acids is 2. The van der Waals surface area contributed by atoms with Crippen molar-refractivity contribution in [3.05, 3.63) is 0 Å². The van der Waals surface area contributed by atoms with Gasteiger partial charge in [0.25, 0.3) is 0 Å². The molecule has 0 amide bonds. The summed E-state index contributed by atoms with van der Waals surface area (Å²) >= 11 is 0. The van der Waals surface area contributed by atoms with Crippen molar-refractivity contribution in [2.24, 2.45) is 0 Å². The van der Waals surface area contributed by atoms with Crippen molar-refractivity contribution in [1.82, 2.24) is 9.80 Å². The largest absolute Gasteiger partial charge is 0.481 e. The maximum Gasteiger partial charge on any atom is 0.314 e. The maximum atomic E-state index is 9.43. The van der Waals surface area contributed by atoms with E-state index in [1.807, 2.05) is 0 Å². The number of hydrogen-bond acceptors (Lipinski definition) is 10. The lowest BCUT2D eigenvalue weighted by molar-refractivity contribution is -0.147. The molecule has 0 saturated heterocycles. The van der Waals surface area contributed by atoms with Crippen LogP contribution in [0.2, 0.25) is 0 Å². The van der Waals surface area contributed by atoms with Crippen LogP contribution in [0.15, 0.2) is 0 Å². The first-order valence-corrected chi connectivity index (χ1v) is 8.36. The summed E-state index contributed by atoms with van der Waals surface area (Å²) in [5, 5.41) is 66.3. The molecular weight excluding hydrogens is 368 g/mol. The molecule has 0 fully saturated rings. The smallest absolute Gasteiger partial charge is 0.314 e. The van der Waals surface area contributed by atoms with Crippen molar-refractivity contribution in [3.8, 4) is 0 Å². The van der Waals surface area contributed by atoms with E-state index in [1.165, 1.54) is 0 Å². The zero-order valence-electron chi connectivity index (χ0n) is 15.5. The first-order chi connectivity index (χ1) is 12.8. The fourth-order valence-electron chi connectivity index (χ4n) is 1.65. The molecule has 0 aromatic heterocycles. The third-order valence-electron chi connectivity index (χ3n) is 2.80. The predicted octanol–water partition coefficient (Wildman–Crippen LogP) is -3.92. The molecule has 12 heteroatoms. The highest BCUT2D eigenvalue weighted by Crippen LogP contribution is 1.85. The molecule has 0 atom stereocenters. The molecule has 0 aromatic rings. The number of rotatable bonds is 14. The average molecular weight is 402 g/mol. The Morgan fingerprint density at radius 2 is 0.667 bits per heavy atom. The Labute approximate surface area is 158 Å². The van der Waals surface area contributed by atoms with Crippen LogP contribution in [-0.2, 0) is 9.59 Å². The second-order valence-corrected chi connectivity index (χ2v) is 4.99. The molecule has 0 radical (unpaired) electrons. The van der Waals surface area contributed by atoms with Gasteiger partial charge >= 0.3 is 11.9 Å². The van der Waals surface area contributed by atoms with Crippen LogP contribution in [0, 0.1) is 0 Å². The summed E-state index contributed by atoms with van der Waals surface area (Å²) in [5.41, 5.74) is 0. The molecule has 0 heterocycles. The number of hydrogen-bond donors (Lipinski definition) is 8. The minimum atomic E-state index is -1.31. The van der Waals surface area contributed by atoms with E-state index < -0.39 is 18.4 Å². The van der Waals surface area contributed by atoms with Crippen LogP contribution in [-0.4, -0.2) is 142 Å². The molecule has 0 spiro atoms. The Balaban J connectivity index is -0.000000326. The van der Waals surface area contributed by atoms with Gasteiger partial charge in [-0.3, -0.25) is 19.4 Å². The lowest BCUT2D eigenvalue weighted by atomic mass is 10.4. The molecule has 12 nitrogen and oxygen atoms in total. The highest BCUT2D eigenvalue weighted by Gasteiger charge is 2.02.